The van der Waals surface area contributed by atoms with Gasteiger partial charge in [0.1, 0.15) is 5.01 Å². The number of aryl methyl sites for hydroxylation is 1. The van der Waals surface area contributed by atoms with Crippen LogP contribution in [0.15, 0.2) is 5.38 Å². The Morgan fingerprint density at radius 2 is 2.18 bits per heavy atom. The maximum atomic E-state index is 12.2. The number of rotatable bonds is 7. The number of hydrogen-bond acceptors (Lipinski definition) is 6. The second-order valence-corrected chi connectivity index (χ2v) is 7.47. The van der Waals surface area contributed by atoms with Crippen LogP contribution < -0.4 is 5.32 Å². The molecular formula is C15H22N2O3S2. The molecule has 0 aliphatic heterocycles. The predicted molar refractivity (Wildman–Crippen MR) is 89.1 cm³/mol. The smallest absolute Gasteiger partial charge is 0.315 e. The lowest BCUT2D eigenvalue weighted by Crippen LogP contribution is -2.43. The van der Waals surface area contributed by atoms with E-state index in [0.29, 0.717) is 17.9 Å². The van der Waals surface area contributed by atoms with Crippen molar-refractivity contribution >= 4 is 35.0 Å². The Labute approximate surface area is 139 Å². The average Bonchev–Trinajstić information content (AvgIpc) is 3.13. The van der Waals surface area contributed by atoms with Crippen LogP contribution >= 0.6 is 23.1 Å². The van der Waals surface area contributed by atoms with Crippen molar-refractivity contribution in [2.45, 2.75) is 44.6 Å². The Kier molecular flexibility index (Phi) is 6.26. The van der Waals surface area contributed by atoms with E-state index in [0.717, 1.165) is 36.4 Å². The zero-order chi connectivity index (χ0) is 16.0. The number of amides is 1. The van der Waals surface area contributed by atoms with Crippen molar-refractivity contribution < 1.29 is 14.3 Å². The summed E-state index contributed by atoms with van der Waals surface area (Å²) < 4.78 is 4.57. The van der Waals surface area contributed by atoms with Crippen LogP contribution in [0.1, 0.15) is 42.8 Å². The molecule has 0 aromatic carbocycles. The third-order valence-electron chi connectivity index (χ3n) is 3.79. The largest absolute Gasteiger partial charge is 0.468 e. The van der Waals surface area contributed by atoms with Gasteiger partial charge < -0.3 is 10.1 Å². The molecule has 22 heavy (non-hydrogen) atoms. The molecule has 0 spiro atoms. The summed E-state index contributed by atoms with van der Waals surface area (Å²) in [6.45, 7) is 1.98. The highest BCUT2D eigenvalue weighted by molar-refractivity contribution is 7.99. The van der Waals surface area contributed by atoms with Crippen LogP contribution in [0.5, 0.6) is 0 Å². The van der Waals surface area contributed by atoms with E-state index in [1.165, 1.54) is 18.9 Å². The van der Waals surface area contributed by atoms with Crippen molar-refractivity contribution in [1.29, 1.82) is 0 Å². The van der Waals surface area contributed by atoms with Crippen LogP contribution in [0.2, 0.25) is 0 Å². The quantitative estimate of drug-likeness (QED) is 0.609. The Morgan fingerprint density at radius 3 is 2.77 bits per heavy atom. The first kappa shape index (κ1) is 17.3. The summed E-state index contributed by atoms with van der Waals surface area (Å²) >= 11 is 3.05. The lowest BCUT2D eigenvalue weighted by atomic mass is 9.98. The molecule has 1 amide bonds. The number of thiazole rings is 1. The summed E-state index contributed by atoms with van der Waals surface area (Å²) in [5, 5.41) is 6.27. The fourth-order valence-corrected chi connectivity index (χ4v) is 4.42. The Bertz CT molecular complexity index is 525. The number of nitrogens with one attached hydrogen (secondary N) is 1. The van der Waals surface area contributed by atoms with Crippen molar-refractivity contribution in [2.75, 3.05) is 18.6 Å². The van der Waals surface area contributed by atoms with Gasteiger partial charge in [-0.1, -0.05) is 12.8 Å². The van der Waals surface area contributed by atoms with E-state index in [1.54, 1.807) is 11.3 Å². The SMILES string of the molecule is COC(=O)CSCCC(=O)NC1(c2nc(C)cs2)CCCC1. The van der Waals surface area contributed by atoms with Crippen LogP contribution in [-0.2, 0) is 19.9 Å². The Morgan fingerprint density at radius 1 is 1.45 bits per heavy atom. The third kappa shape index (κ3) is 4.46. The molecule has 122 valence electrons. The van der Waals surface area contributed by atoms with Gasteiger partial charge in [0.25, 0.3) is 0 Å². The van der Waals surface area contributed by atoms with Crippen molar-refractivity contribution in [3.05, 3.63) is 16.1 Å². The molecule has 1 N–H and O–H groups in total. The Balaban J connectivity index is 1.86. The minimum atomic E-state index is -0.275. The van der Waals surface area contributed by atoms with Gasteiger partial charge in [-0.05, 0) is 19.8 Å². The molecule has 1 aliphatic rings. The highest BCUT2D eigenvalue weighted by Crippen LogP contribution is 2.40. The minimum Gasteiger partial charge on any atom is -0.468 e. The summed E-state index contributed by atoms with van der Waals surface area (Å²) in [6, 6.07) is 0. The van der Waals surface area contributed by atoms with Crippen LogP contribution in [-0.4, -0.2) is 35.5 Å². The van der Waals surface area contributed by atoms with E-state index in [4.69, 9.17) is 0 Å². The number of hydrogen-bond donors (Lipinski definition) is 1. The van der Waals surface area contributed by atoms with Gasteiger partial charge >= 0.3 is 5.97 Å². The molecule has 1 aliphatic carbocycles. The number of nitrogens with zero attached hydrogens (tertiary/aromatic N) is 1. The molecule has 2 rings (SSSR count). The fraction of sp³-hybridized carbons (Fsp3) is 0.667. The Hall–Kier alpha value is -1.08. The first-order valence-electron chi connectivity index (χ1n) is 7.44. The molecule has 7 heteroatoms. The van der Waals surface area contributed by atoms with Crippen molar-refractivity contribution in [3.63, 3.8) is 0 Å². The van der Waals surface area contributed by atoms with Gasteiger partial charge in [0.2, 0.25) is 5.91 Å². The van der Waals surface area contributed by atoms with Crippen LogP contribution in [0.25, 0.3) is 0 Å². The maximum absolute atomic E-state index is 12.2. The number of carbonyl (C=O) groups excluding carboxylic acids is 2. The molecule has 0 radical (unpaired) electrons. The monoisotopic (exact) mass is 342 g/mol. The van der Waals surface area contributed by atoms with E-state index in [1.807, 2.05) is 12.3 Å². The van der Waals surface area contributed by atoms with E-state index < -0.39 is 0 Å². The van der Waals surface area contributed by atoms with Crippen molar-refractivity contribution in [1.82, 2.24) is 10.3 Å². The van der Waals surface area contributed by atoms with Gasteiger partial charge in [-0.3, -0.25) is 9.59 Å². The van der Waals surface area contributed by atoms with E-state index in [9.17, 15) is 9.59 Å². The number of methoxy groups -OCH3 is 1. The average molecular weight is 342 g/mol. The van der Waals surface area contributed by atoms with Gasteiger partial charge in [-0.2, -0.15) is 0 Å². The number of carbonyl (C=O) groups is 2. The summed E-state index contributed by atoms with van der Waals surface area (Å²) in [6.07, 6.45) is 4.57. The second-order valence-electron chi connectivity index (χ2n) is 5.51. The molecule has 0 unspecified atom stereocenters. The lowest BCUT2D eigenvalue weighted by molar-refractivity contribution is -0.137. The van der Waals surface area contributed by atoms with E-state index in [2.05, 4.69) is 15.0 Å². The van der Waals surface area contributed by atoms with Gasteiger partial charge in [-0.25, -0.2) is 4.98 Å². The maximum Gasteiger partial charge on any atom is 0.315 e. The first-order chi connectivity index (χ1) is 10.6. The highest BCUT2D eigenvalue weighted by atomic mass is 32.2. The van der Waals surface area contributed by atoms with Crippen LogP contribution in [0.3, 0.4) is 0 Å². The lowest BCUT2D eigenvalue weighted by Gasteiger charge is -2.28. The van der Waals surface area contributed by atoms with Gasteiger partial charge in [0.15, 0.2) is 0 Å². The molecule has 0 saturated heterocycles. The standard InChI is InChI=1S/C15H22N2O3S2/c1-11-9-22-14(16-11)15(6-3-4-7-15)17-12(18)5-8-21-10-13(19)20-2/h9H,3-8,10H2,1-2H3,(H,17,18). The van der Waals surface area contributed by atoms with Crippen LogP contribution in [0.4, 0.5) is 0 Å². The number of esters is 1. The normalized spacial score (nSPS) is 16.5. The molecule has 1 aromatic heterocycles. The molecule has 5 nitrogen and oxygen atoms in total. The number of aromatic nitrogens is 1. The summed E-state index contributed by atoms with van der Waals surface area (Å²) in [4.78, 5) is 27.8. The van der Waals surface area contributed by atoms with E-state index in [-0.39, 0.29) is 17.4 Å². The molecule has 1 saturated carbocycles. The van der Waals surface area contributed by atoms with Crippen LogP contribution in [0, 0.1) is 6.92 Å². The van der Waals surface area contributed by atoms with Crippen molar-refractivity contribution in [3.8, 4) is 0 Å². The molecule has 1 aromatic rings. The van der Waals surface area contributed by atoms with E-state index >= 15 is 0 Å². The van der Waals surface area contributed by atoms with Crippen molar-refractivity contribution in [2.24, 2.45) is 0 Å². The zero-order valence-electron chi connectivity index (χ0n) is 13.0. The molecule has 0 bridgehead atoms. The van der Waals surface area contributed by atoms with Gasteiger partial charge in [0.05, 0.1) is 18.4 Å². The highest BCUT2D eigenvalue weighted by Gasteiger charge is 2.39. The predicted octanol–water partition coefficient (Wildman–Crippen LogP) is 2.63. The zero-order valence-corrected chi connectivity index (χ0v) is 14.6. The summed E-state index contributed by atoms with van der Waals surface area (Å²) in [7, 11) is 1.37. The summed E-state index contributed by atoms with van der Waals surface area (Å²) in [5.41, 5.74) is 0.734. The molecule has 1 fully saturated rings. The van der Waals surface area contributed by atoms with Gasteiger partial charge in [-0.15, -0.1) is 23.1 Å². The fourth-order valence-electron chi connectivity index (χ4n) is 2.65. The van der Waals surface area contributed by atoms with Gasteiger partial charge in [0, 0.05) is 23.2 Å². The number of thioether (sulfide) groups is 1. The summed E-state index contributed by atoms with van der Waals surface area (Å²) in [5.74, 6) is 0.692. The molecule has 1 heterocycles. The molecule has 0 atom stereocenters. The first-order valence-corrected chi connectivity index (χ1v) is 9.47. The minimum absolute atomic E-state index is 0.0344. The topological polar surface area (TPSA) is 68.3 Å². The molecular weight excluding hydrogens is 320 g/mol. The number of ether oxygens (including phenoxy) is 1. The second kappa shape index (κ2) is 7.97. The third-order valence-corrected chi connectivity index (χ3v) is 5.88.